The minimum atomic E-state index is -0.462. The van der Waals surface area contributed by atoms with Crippen molar-refractivity contribution in [2.45, 2.75) is 40.7 Å². The standard InChI is InChI=1S/C18H24INO2/c1-17(2,3)13-18(4)15(10-19)11-20(16(18)21)22-12-14-8-6-5-7-9-14/h5-10H,11-13H2,1-4H3/b15-10+/t18-/m0/s1. The molecule has 1 aliphatic rings. The highest BCUT2D eigenvalue weighted by Crippen LogP contribution is 2.45. The fourth-order valence-electron chi connectivity index (χ4n) is 3.05. The summed E-state index contributed by atoms with van der Waals surface area (Å²) < 4.78 is 2.03. The lowest BCUT2D eigenvalue weighted by Crippen LogP contribution is -2.35. The first-order valence-electron chi connectivity index (χ1n) is 7.55. The zero-order chi connectivity index (χ0) is 16.4. The van der Waals surface area contributed by atoms with Crippen LogP contribution in [0.1, 0.15) is 39.7 Å². The van der Waals surface area contributed by atoms with Crippen LogP contribution in [0, 0.1) is 10.8 Å². The summed E-state index contributed by atoms with van der Waals surface area (Å²) in [6, 6.07) is 9.94. The molecule has 0 spiro atoms. The van der Waals surface area contributed by atoms with E-state index in [1.54, 1.807) is 0 Å². The Labute approximate surface area is 146 Å². The Bertz CT molecular complexity index is 562. The molecule has 2 rings (SSSR count). The van der Waals surface area contributed by atoms with E-state index < -0.39 is 5.41 Å². The lowest BCUT2D eigenvalue weighted by molar-refractivity contribution is -0.187. The summed E-state index contributed by atoms with van der Waals surface area (Å²) in [4.78, 5) is 18.6. The third kappa shape index (κ3) is 3.90. The first kappa shape index (κ1) is 17.5. The van der Waals surface area contributed by atoms with Crippen LogP contribution in [0.4, 0.5) is 0 Å². The monoisotopic (exact) mass is 413 g/mol. The van der Waals surface area contributed by atoms with Crippen molar-refractivity contribution in [2.75, 3.05) is 6.54 Å². The molecule has 1 atom stereocenters. The number of hydroxylamine groups is 2. The molecule has 1 aromatic carbocycles. The van der Waals surface area contributed by atoms with Crippen molar-refractivity contribution in [2.24, 2.45) is 10.8 Å². The Morgan fingerprint density at radius 3 is 2.50 bits per heavy atom. The SMILES string of the molecule is CC(C)(C)C[C@]1(C)C(=O)N(OCc2ccccc2)C/C1=C\I. The molecule has 120 valence electrons. The molecule has 0 saturated carbocycles. The molecule has 0 radical (unpaired) electrons. The van der Waals surface area contributed by atoms with Gasteiger partial charge in [-0.1, -0.05) is 73.7 Å². The van der Waals surface area contributed by atoms with Crippen LogP contribution < -0.4 is 0 Å². The van der Waals surface area contributed by atoms with Crippen molar-refractivity contribution in [3.8, 4) is 0 Å². The third-order valence-electron chi connectivity index (χ3n) is 3.97. The smallest absolute Gasteiger partial charge is 0.256 e. The van der Waals surface area contributed by atoms with Crippen LogP contribution in [-0.2, 0) is 16.2 Å². The van der Waals surface area contributed by atoms with Crippen molar-refractivity contribution in [3.05, 3.63) is 45.6 Å². The highest BCUT2D eigenvalue weighted by Gasteiger charge is 2.49. The quantitative estimate of drug-likeness (QED) is 0.669. The lowest BCUT2D eigenvalue weighted by atomic mass is 9.72. The van der Waals surface area contributed by atoms with Crippen molar-refractivity contribution in [3.63, 3.8) is 0 Å². The normalized spacial score (nSPS) is 24.3. The Morgan fingerprint density at radius 2 is 1.95 bits per heavy atom. The van der Waals surface area contributed by atoms with Gasteiger partial charge in [-0.3, -0.25) is 9.63 Å². The molecular weight excluding hydrogens is 389 g/mol. The van der Waals surface area contributed by atoms with Gasteiger partial charge in [-0.2, -0.15) is 0 Å². The van der Waals surface area contributed by atoms with Gasteiger partial charge >= 0.3 is 0 Å². The van der Waals surface area contributed by atoms with E-state index in [0.29, 0.717) is 13.2 Å². The molecule has 3 nitrogen and oxygen atoms in total. The van der Waals surface area contributed by atoms with Crippen LogP contribution >= 0.6 is 22.6 Å². The van der Waals surface area contributed by atoms with E-state index >= 15 is 0 Å². The maximum atomic E-state index is 12.9. The largest absolute Gasteiger partial charge is 0.272 e. The lowest BCUT2D eigenvalue weighted by Gasteiger charge is -2.31. The summed E-state index contributed by atoms with van der Waals surface area (Å²) in [5, 5.41) is 1.53. The van der Waals surface area contributed by atoms with Gasteiger partial charge < -0.3 is 0 Å². The average Bonchev–Trinajstić information content (AvgIpc) is 2.68. The summed E-state index contributed by atoms with van der Waals surface area (Å²) >= 11 is 2.23. The van der Waals surface area contributed by atoms with E-state index in [1.807, 2.05) is 41.3 Å². The van der Waals surface area contributed by atoms with Crippen LogP contribution in [0.15, 0.2) is 40.0 Å². The minimum Gasteiger partial charge on any atom is -0.272 e. The van der Waals surface area contributed by atoms with E-state index in [2.05, 4.69) is 43.4 Å². The zero-order valence-electron chi connectivity index (χ0n) is 13.7. The number of hydrogen-bond acceptors (Lipinski definition) is 2. The van der Waals surface area contributed by atoms with E-state index in [4.69, 9.17) is 4.84 Å². The predicted molar refractivity (Wildman–Crippen MR) is 97.2 cm³/mol. The predicted octanol–water partition coefficient (Wildman–Crippen LogP) is 4.72. The Kier molecular flexibility index (Phi) is 5.33. The second kappa shape index (κ2) is 6.71. The number of amides is 1. The van der Waals surface area contributed by atoms with Gasteiger partial charge in [-0.25, -0.2) is 5.06 Å². The van der Waals surface area contributed by atoms with Crippen LogP contribution in [-0.4, -0.2) is 17.5 Å². The summed E-state index contributed by atoms with van der Waals surface area (Å²) in [5.74, 6) is 0.0706. The van der Waals surface area contributed by atoms with Crippen molar-refractivity contribution >= 4 is 28.5 Å². The maximum Gasteiger partial charge on any atom is 0.256 e. The molecule has 22 heavy (non-hydrogen) atoms. The van der Waals surface area contributed by atoms with Gasteiger partial charge in [0.25, 0.3) is 5.91 Å². The molecular formula is C18H24INO2. The second-order valence-electron chi connectivity index (χ2n) is 7.30. The molecule has 1 aliphatic heterocycles. The third-order valence-corrected chi connectivity index (χ3v) is 4.72. The average molecular weight is 413 g/mol. The molecule has 0 bridgehead atoms. The first-order valence-corrected chi connectivity index (χ1v) is 8.79. The molecule has 0 N–H and O–H groups in total. The number of halogens is 1. The van der Waals surface area contributed by atoms with Crippen LogP contribution in [0.25, 0.3) is 0 Å². The van der Waals surface area contributed by atoms with Gasteiger partial charge in [-0.15, -0.1) is 0 Å². The highest BCUT2D eigenvalue weighted by atomic mass is 127. The maximum absolute atomic E-state index is 12.9. The van der Waals surface area contributed by atoms with Gasteiger partial charge in [0.05, 0.1) is 12.0 Å². The second-order valence-corrected chi connectivity index (χ2v) is 7.93. The molecule has 0 aromatic heterocycles. The number of rotatable bonds is 4. The van der Waals surface area contributed by atoms with Crippen LogP contribution in [0.3, 0.4) is 0 Å². The van der Waals surface area contributed by atoms with Gasteiger partial charge in [0, 0.05) is 0 Å². The van der Waals surface area contributed by atoms with Crippen LogP contribution in [0.2, 0.25) is 0 Å². The molecule has 1 heterocycles. The summed E-state index contributed by atoms with van der Waals surface area (Å²) in [6.07, 6.45) is 0.818. The summed E-state index contributed by atoms with van der Waals surface area (Å²) in [7, 11) is 0. The molecule has 1 amide bonds. The fraction of sp³-hybridized carbons (Fsp3) is 0.500. The van der Waals surface area contributed by atoms with E-state index in [1.165, 1.54) is 5.06 Å². The van der Waals surface area contributed by atoms with E-state index in [9.17, 15) is 4.79 Å². The number of carbonyl (C=O) groups excluding carboxylic acids is 1. The molecule has 4 heteroatoms. The van der Waals surface area contributed by atoms with Gasteiger partial charge in [0.2, 0.25) is 0 Å². The van der Waals surface area contributed by atoms with Gasteiger partial charge in [0.15, 0.2) is 0 Å². The number of carbonyl (C=O) groups is 1. The molecule has 1 saturated heterocycles. The Balaban J connectivity index is 2.11. The first-order chi connectivity index (χ1) is 10.3. The van der Waals surface area contributed by atoms with E-state index in [0.717, 1.165) is 17.6 Å². The van der Waals surface area contributed by atoms with Crippen molar-refractivity contribution in [1.82, 2.24) is 5.06 Å². The summed E-state index contributed by atoms with van der Waals surface area (Å²) in [5.41, 5.74) is 1.83. The molecule has 0 unspecified atom stereocenters. The van der Waals surface area contributed by atoms with Crippen LogP contribution in [0.5, 0.6) is 0 Å². The Hall–Kier alpha value is -0.880. The number of nitrogens with zero attached hydrogens (tertiary/aromatic N) is 1. The molecule has 0 aliphatic carbocycles. The van der Waals surface area contributed by atoms with E-state index in [-0.39, 0.29) is 11.3 Å². The number of hydrogen-bond donors (Lipinski definition) is 0. The minimum absolute atomic E-state index is 0.0706. The Morgan fingerprint density at radius 1 is 1.32 bits per heavy atom. The fourth-order valence-corrected chi connectivity index (χ4v) is 3.93. The van der Waals surface area contributed by atoms with Gasteiger partial charge in [0.1, 0.15) is 6.61 Å². The molecule has 1 fully saturated rings. The zero-order valence-corrected chi connectivity index (χ0v) is 15.9. The summed E-state index contributed by atoms with van der Waals surface area (Å²) in [6.45, 7) is 9.53. The number of benzene rings is 1. The topological polar surface area (TPSA) is 29.5 Å². The highest BCUT2D eigenvalue weighted by molar-refractivity contribution is 14.1. The van der Waals surface area contributed by atoms with Crippen molar-refractivity contribution < 1.29 is 9.63 Å². The van der Waals surface area contributed by atoms with Gasteiger partial charge in [-0.05, 0) is 34.0 Å². The van der Waals surface area contributed by atoms with Crippen molar-refractivity contribution in [1.29, 1.82) is 0 Å². The molecule has 1 aromatic rings.